The lowest BCUT2D eigenvalue weighted by Gasteiger charge is -2.28. The van der Waals surface area contributed by atoms with Crippen molar-refractivity contribution in [3.63, 3.8) is 0 Å². The van der Waals surface area contributed by atoms with E-state index in [0.29, 0.717) is 116 Å². The molecule has 0 saturated carbocycles. The van der Waals surface area contributed by atoms with E-state index in [0.717, 1.165) is 67.6 Å². The van der Waals surface area contributed by atoms with Gasteiger partial charge in [0.05, 0.1) is 0 Å². The number of rotatable bonds is 1. The van der Waals surface area contributed by atoms with Crippen LogP contribution in [0.1, 0.15) is 248 Å². The molecule has 15 rings (SSSR count). The first-order valence-electron chi connectivity index (χ1n) is 31.8. The number of halogens is 1. The smallest absolute Gasteiger partial charge is 0.195 e. The van der Waals surface area contributed by atoms with E-state index in [9.17, 15) is 47.9 Å². The predicted molar refractivity (Wildman–Crippen MR) is 374 cm³/mol. The molecule has 0 bridgehead atoms. The zero-order valence-corrected chi connectivity index (χ0v) is 56.6. The largest absolute Gasteiger partial charge is 0.289 e. The van der Waals surface area contributed by atoms with Crippen molar-refractivity contribution in [2.45, 2.75) is 102 Å². The van der Waals surface area contributed by atoms with Gasteiger partial charge >= 0.3 is 0 Å². The number of hydrogen-bond donors (Lipinski definition) is 0. The Kier molecular flexibility index (Phi) is 17.9. The van der Waals surface area contributed by atoms with Crippen LogP contribution in [0.15, 0.2) is 170 Å². The highest BCUT2D eigenvalue weighted by molar-refractivity contribution is 6.34. The van der Waals surface area contributed by atoms with Crippen LogP contribution in [0.25, 0.3) is 0 Å². The first-order chi connectivity index (χ1) is 45.6. The molecule has 0 aromatic heterocycles. The summed E-state index contributed by atoms with van der Waals surface area (Å²) in [4.78, 5) is 125. The molecule has 0 unspecified atom stereocenters. The van der Waals surface area contributed by atoms with Crippen molar-refractivity contribution in [3.8, 4) is 0 Å². The van der Waals surface area contributed by atoms with Gasteiger partial charge in [0.15, 0.2) is 57.8 Å². The Morgan fingerprint density at radius 3 is 0.823 bits per heavy atom. The number of aryl methyl sites for hydroxylation is 2. The van der Waals surface area contributed by atoms with E-state index >= 15 is 0 Å². The fraction of sp³-hybridized carbons (Fsp3) is 0.176. The number of fused-ring (bicyclic) bond motifs is 10. The number of benzene rings is 10. The molecule has 0 spiro atoms. The molecule has 11 heteroatoms. The molecule has 0 N–H and O–H groups in total. The molecule has 0 saturated heterocycles. The molecule has 5 aliphatic rings. The van der Waals surface area contributed by atoms with Crippen LogP contribution in [-0.4, -0.2) is 57.8 Å². The van der Waals surface area contributed by atoms with Gasteiger partial charge in [0.25, 0.3) is 0 Å². The van der Waals surface area contributed by atoms with Crippen molar-refractivity contribution in [1.82, 2.24) is 0 Å². The zero-order valence-electron chi connectivity index (χ0n) is 55.8. The molecule has 5 aliphatic carbocycles. The van der Waals surface area contributed by atoms with Gasteiger partial charge in [0, 0.05) is 116 Å². The summed E-state index contributed by atoms with van der Waals surface area (Å²) in [5, 5.41) is 0.462. The zero-order chi connectivity index (χ0) is 69.3. The Hall–Kier alpha value is -10.8. The van der Waals surface area contributed by atoms with Gasteiger partial charge in [-0.2, -0.15) is 0 Å². The highest BCUT2D eigenvalue weighted by Gasteiger charge is 2.38. The average molecular weight is 1290 g/mol. The molecule has 0 aliphatic heterocycles. The van der Waals surface area contributed by atoms with Gasteiger partial charge in [-0.15, -0.1) is 0 Å². The van der Waals surface area contributed by atoms with Crippen LogP contribution in [0.5, 0.6) is 0 Å². The molecule has 476 valence electrons. The van der Waals surface area contributed by atoms with Crippen molar-refractivity contribution in [3.05, 3.63) is 347 Å². The summed E-state index contributed by atoms with van der Waals surface area (Å²) in [7, 11) is 0. The Morgan fingerprint density at radius 1 is 0.260 bits per heavy atom. The second-order valence-corrected chi connectivity index (χ2v) is 26.4. The van der Waals surface area contributed by atoms with Crippen LogP contribution in [0.2, 0.25) is 5.02 Å². The van der Waals surface area contributed by atoms with E-state index in [1.165, 1.54) is 0 Å². The SMILES string of the molecule is CC(C)(C)c1ccc2c(c1)C(=O)c1ccccc1C2=O.CCc1ccc2c(c1)C(=O)c1ccccc1C2=O.Cc1c(C)c(C)c2c(c1C)C(=O)c1c(C)c(C)c(C)c(C)c1C2=O.Cc1ccc2c(c1)C(=O)c1ccccc1C2=O.O=C1c2ccccc2C(=O)c2cc(Cl)ccc21. The highest BCUT2D eigenvalue weighted by atomic mass is 35.5. The highest BCUT2D eigenvalue weighted by Crippen LogP contribution is 2.40. The van der Waals surface area contributed by atoms with Crippen LogP contribution in [0.3, 0.4) is 0 Å². The van der Waals surface area contributed by atoms with E-state index in [1.54, 1.807) is 140 Å². The van der Waals surface area contributed by atoms with E-state index in [4.69, 9.17) is 11.6 Å². The Bertz CT molecular complexity index is 4890. The van der Waals surface area contributed by atoms with Gasteiger partial charge in [-0.25, -0.2) is 0 Å². The normalized spacial score (nSPS) is 13.4. The van der Waals surface area contributed by atoms with E-state index < -0.39 is 0 Å². The molecule has 0 fully saturated rings. The molecule has 0 atom stereocenters. The van der Waals surface area contributed by atoms with Crippen molar-refractivity contribution in [2.75, 3.05) is 0 Å². The third-order valence-corrected chi connectivity index (χ3v) is 19.7. The van der Waals surface area contributed by atoms with E-state index in [1.807, 2.05) is 99.6 Å². The number of ketones is 10. The molecule has 0 amide bonds. The van der Waals surface area contributed by atoms with Crippen molar-refractivity contribution < 1.29 is 47.9 Å². The van der Waals surface area contributed by atoms with Gasteiger partial charge in [0.2, 0.25) is 0 Å². The van der Waals surface area contributed by atoms with Crippen LogP contribution >= 0.6 is 11.6 Å². The topological polar surface area (TPSA) is 171 Å². The van der Waals surface area contributed by atoms with Gasteiger partial charge in [-0.05, 0) is 172 Å². The number of carbonyl (C=O) groups excluding carboxylic acids is 10. The molecule has 10 aromatic rings. The third kappa shape index (κ3) is 11.5. The molecule has 10 nitrogen and oxygen atoms in total. The lowest BCUT2D eigenvalue weighted by atomic mass is 9.73. The average Bonchev–Trinajstić information content (AvgIpc) is 0.718. The number of hydrogen-bond acceptors (Lipinski definition) is 10. The minimum absolute atomic E-state index is 0.00648. The van der Waals surface area contributed by atoms with Gasteiger partial charge in [-0.1, -0.05) is 172 Å². The third-order valence-electron chi connectivity index (χ3n) is 19.4. The predicted octanol–water partition coefficient (Wildman–Crippen LogP) is 17.6. The minimum atomic E-state index is -0.141. The summed E-state index contributed by atoms with van der Waals surface area (Å²) in [5.41, 5.74) is 21.6. The van der Waals surface area contributed by atoms with E-state index in [-0.39, 0.29) is 63.2 Å². The second kappa shape index (κ2) is 25.8. The first kappa shape index (κ1) is 66.6. The Morgan fingerprint density at radius 2 is 0.510 bits per heavy atom. The van der Waals surface area contributed by atoms with Crippen LogP contribution in [0, 0.1) is 62.3 Å². The van der Waals surface area contributed by atoms with Crippen molar-refractivity contribution in [1.29, 1.82) is 0 Å². The summed E-state index contributed by atoms with van der Waals surface area (Å²) >= 11 is 5.85. The molecular formula is C85H69ClO10. The molecule has 0 heterocycles. The van der Waals surface area contributed by atoms with Crippen LogP contribution < -0.4 is 0 Å². The quantitative estimate of drug-likeness (QED) is 0.154. The molecule has 96 heavy (non-hydrogen) atoms. The molecule has 0 radical (unpaired) electrons. The maximum absolute atomic E-state index is 13.4. The maximum atomic E-state index is 13.4. The summed E-state index contributed by atoms with van der Waals surface area (Å²) in [6.45, 7) is 26.2. The van der Waals surface area contributed by atoms with Gasteiger partial charge < -0.3 is 0 Å². The summed E-state index contributed by atoms with van der Waals surface area (Å²) < 4.78 is 0. The summed E-state index contributed by atoms with van der Waals surface area (Å²) in [6, 6.07) is 49.1. The summed E-state index contributed by atoms with van der Waals surface area (Å²) in [6.07, 6.45) is 0.858. The second-order valence-electron chi connectivity index (χ2n) is 26.0. The number of carbonyl (C=O) groups is 10. The maximum Gasteiger partial charge on any atom is 0.195 e. The summed E-state index contributed by atoms with van der Waals surface area (Å²) in [5.74, 6) is -0.576. The van der Waals surface area contributed by atoms with Crippen LogP contribution in [-0.2, 0) is 11.8 Å². The first-order valence-corrected chi connectivity index (χ1v) is 32.2. The van der Waals surface area contributed by atoms with E-state index in [2.05, 4.69) is 20.8 Å². The lowest BCUT2D eigenvalue weighted by molar-refractivity contribution is 0.0976. The van der Waals surface area contributed by atoms with Crippen molar-refractivity contribution in [2.24, 2.45) is 0 Å². The Labute approximate surface area is 563 Å². The molecule has 10 aromatic carbocycles. The van der Waals surface area contributed by atoms with Crippen LogP contribution in [0.4, 0.5) is 0 Å². The fourth-order valence-electron chi connectivity index (χ4n) is 13.2. The Balaban J connectivity index is 0.000000123. The lowest BCUT2D eigenvalue weighted by Crippen LogP contribution is -2.27. The van der Waals surface area contributed by atoms with Crippen molar-refractivity contribution >= 4 is 69.4 Å². The van der Waals surface area contributed by atoms with Gasteiger partial charge in [-0.3, -0.25) is 47.9 Å². The molecular weight excluding hydrogens is 1220 g/mol. The fourth-order valence-corrected chi connectivity index (χ4v) is 13.4. The monoisotopic (exact) mass is 1280 g/mol. The standard InChI is InChI=1S/C22H24O2.C18H16O2.C16H12O2.C15H10O2.C14H7ClO2/c1-9-10(2)14(6)18-17(13(9)5)21(23)19-15(7)11(3)12(4)16(8)20(19)22(18)24;1-18(2,3)11-8-9-14-15(10-11)17(20)13-7-5-4-6-12(13)16(14)19;1-2-10-7-8-13-14(9-10)16(18)12-6-4-3-5-11(12)15(13)17;1-9-6-7-12-13(8-9)15(17)11-5-3-2-4-10(11)14(12)16;15-8-5-6-11-12(7-8)14(17)10-4-2-1-3-9(10)13(11)16/h1-8H3;4-10H,1-3H3;3-9H,2H2,1H3;2-8H,1H3;1-7H. The van der Waals surface area contributed by atoms with Gasteiger partial charge in [0.1, 0.15) is 0 Å². The minimum Gasteiger partial charge on any atom is -0.289 e.